The molecule has 6 nitrogen and oxygen atoms in total. The number of amides is 1. The van der Waals surface area contributed by atoms with Crippen molar-refractivity contribution >= 4 is 28.9 Å². The molecule has 1 aliphatic heterocycles. The Kier molecular flexibility index (Phi) is 6.22. The van der Waals surface area contributed by atoms with Gasteiger partial charge in [0.2, 0.25) is 0 Å². The van der Waals surface area contributed by atoms with Crippen LogP contribution in [0.1, 0.15) is 10.5 Å². The first-order valence-electron chi connectivity index (χ1n) is 8.28. The van der Waals surface area contributed by atoms with Crippen LogP contribution in [0, 0.1) is 0 Å². The van der Waals surface area contributed by atoms with Crippen LogP contribution in [0.25, 0.3) is 0 Å². The summed E-state index contributed by atoms with van der Waals surface area (Å²) in [5, 5.41) is 6.71. The van der Waals surface area contributed by atoms with Gasteiger partial charge in [-0.05, 0) is 30.3 Å². The average Bonchev–Trinajstić information content (AvgIpc) is 2.63. The SMILES string of the molecule is O=C(Nc1cccc(Cl)c1)c1cc(NCCN2CCOCC2)ccn1. The normalized spacial score (nSPS) is 14.9. The van der Waals surface area contributed by atoms with Gasteiger partial charge in [-0.2, -0.15) is 0 Å². The molecule has 0 saturated carbocycles. The monoisotopic (exact) mass is 360 g/mol. The van der Waals surface area contributed by atoms with Gasteiger partial charge in [-0.15, -0.1) is 0 Å². The van der Waals surface area contributed by atoms with E-state index in [4.69, 9.17) is 16.3 Å². The van der Waals surface area contributed by atoms with Gasteiger partial charge < -0.3 is 15.4 Å². The van der Waals surface area contributed by atoms with Crippen molar-refractivity contribution in [2.75, 3.05) is 50.0 Å². The molecular weight excluding hydrogens is 340 g/mol. The van der Waals surface area contributed by atoms with E-state index in [0.29, 0.717) is 16.4 Å². The molecule has 1 saturated heterocycles. The fourth-order valence-electron chi connectivity index (χ4n) is 2.61. The quantitative estimate of drug-likeness (QED) is 0.829. The lowest BCUT2D eigenvalue weighted by Gasteiger charge is -2.26. The number of pyridine rings is 1. The number of ether oxygens (including phenoxy) is 1. The standard InChI is InChI=1S/C18H21ClN4O2/c19-14-2-1-3-16(12-14)22-18(24)17-13-15(4-5-21-17)20-6-7-23-8-10-25-11-9-23/h1-5,12-13H,6-11H2,(H,20,21)(H,22,24). The van der Waals surface area contributed by atoms with Crippen LogP contribution >= 0.6 is 11.6 Å². The van der Waals surface area contributed by atoms with Crippen molar-refractivity contribution < 1.29 is 9.53 Å². The van der Waals surface area contributed by atoms with E-state index in [1.54, 1.807) is 36.5 Å². The summed E-state index contributed by atoms with van der Waals surface area (Å²) in [4.78, 5) is 18.8. The van der Waals surface area contributed by atoms with E-state index in [2.05, 4.69) is 20.5 Å². The number of halogens is 1. The Bertz CT molecular complexity index is 720. The molecule has 7 heteroatoms. The van der Waals surface area contributed by atoms with Crippen molar-refractivity contribution in [1.29, 1.82) is 0 Å². The maximum absolute atomic E-state index is 12.3. The second kappa shape index (κ2) is 8.80. The van der Waals surface area contributed by atoms with E-state index in [1.807, 2.05) is 6.07 Å². The van der Waals surface area contributed by atoms with Crippen LogP contribution < -0.4 is 10.6 Å². The number of anilines is 2. The van der Waals surface area contributed by atoms with Crippen molar-refractivity contribution in [2.45, 2.75) is 0 Å². The minimum Gasteiger partial charge on any atom is -0.384 e. The van der Waals surface area contributed by atoms with Crippen molar-refractivity contribution in [3.05, 3.63) is 53.3 Å². The lowest BCUT2D eigenvalue weighted by molar-refractivity contribution is 0.0398. The van der Waals surface area contributed by atoms with Gasteiger partial charge in [0.15, 0.2) is 0 Å². The van der Waals surface area contributed by atoms with Crippen molar-refractivity contribution in [3.63, 3.8) is 0 Å². The summed E-state index contributed by atoms with van der Waals surface area (Å²) in [6.07, 6.45) is 1.63. The molecule has 0 bridgehead atoms. The zero-order valence-corrected chi connectivity index (χ0v) is 14.6. The van der Waals surface area contributed by atoms with Crippen LogP contribution in [0.4, 0.5) is 11.4 Å². The molecule has 1 aromatic carbocycles. The van der Waals surface area contributed by atoms with Gasteiger partial charge in [-0.3, -0.25) is 14.7 Å². The Morgan fingerprint density at radius 3 is 2.84 bits per heavy atom. The Morgan fingerprint density at radius 1 is 1.20 bits per heavy atom. The number of morpholine rings is 1. The fraction of sp³-hybridized carbons (Fsp3) is 0.333. The number of carbonyl (C=O) groups excluding carboxylic acids is 1. The number of aromatic nitrogens is 1. The molecule has 2 heterocycles. The maximum Gasteiger partial charge on any atom is 0.274 e. The number of nitrogens with one attached hydrogen (secondary N) is 2. The minimum absolute atomic E-state index is 0.265. The summed E-state index contributed by atoms with van der Waals surface area (Å²) >= 11 is 5.93. The van der Waals surface area contributed by atoms with Crippen LogP contribution in [0.2, 0.25) is 5.02 Å². The van der Waals surface area contributed by atoms with Crippen molar-refractivity contribution in [1.82, 2.24) is 9.88 Å². The van der Waals surface area contributed by atoms with Crippen LogP contribution in [0.5, 0.6) is 0 Å². The predicted octanol–water partition coefficient (Wildman–Crippen LogP) is 2.73. The molecule has 2 aromatic rings. The first kappa shape index (κ1) is 17.7. The number of benzene rings is 1. The van der Waals surface area contributed by atoms with Gasteiger partial charge in [0.25, 0.3) is 5.91 Å². The molecule has 1 aliphatic rings. The molecule has 0 unspecified atom stereocenters. The van der Waals surface area contributed by atoms with Crippen LogP contribution in [0.3, 0.4) is 0 Å². The molecule has 1 aromatic heterocycles. The van der Waals surface area contributed by atoms with Gasteiger partial charge >= 0.3 is 0 Å². The highest BCUT2D eigenvalue weighted by molar-refractivity contribution is 6.30. The number of nitrogens with zero attached hydrogens (tertiary/aromatic N) is 2. The zero-order valence-electron chi connectivity index (χ0n) is 13.9. The third-order valence-corrected chi connectivity index (χ3v) is 4.17. The molecule has 2 N–H and O–H groups in total. The molecule has 0 spiro atoms. The van der Waals surface area contributed by atoms with E-state index in [9.17, 15) is 4.79 Å². The highest BCUT2D eigenvalue weighted by Crippen LogP contribution is 2.16. The number of hydrogen-bond donors (Lipinski definition) is 2. The molecule has 25 heavy (non-hydrogen) atoms. The van der Waals surface area contributed by atoms with Gasteiger partial charge in [-0.25, -0.2) is 0 Å². The molecule has 132 valence electrons. The molecule has 0 atom stereocenters. The fourth-order valence-corrected chi connectivity index (χ4v) is 2.80. The minimum atomic E-state index is -0.265. The van der Waals surface area contributed by atoms with Gasteiger partial charge in [-0.1, -0.05) is 17.7 Å². The lowest BCUT2D eigenvalue weighted by atomic mass is 10.2. The van der Waals surface area contributed by atoms with Gasteiger partial charge in [0.1, 0.15) is 5.69 Å². The zero-order chi connectivity index (χ0) is 17.5. The molecule has 1 amide bonds. The van der Waals surface area contributed by atoms with E-state index in [0.717, 1.165) is 45.1 Å². The Balaban J connectivity index is 1.54. The Hall–Kier alpha value is -2.15. The summed E-state index contributed by atoms with van der Waals surface area (Å²) < 4.78 is 5.34. The molecule has 0 radical (unpaired) electrons. The first-order valence-corrected chi connectivity index (χ1v) is 8.65. The molecule has 1 fully saturated rings. The molecule has 0 aliphatic carbocycles. The second-order valence-corrected chi connectivity index (χ2v) is 6.21. The molecular formula is C18H21ClN4O2. The summed E-state index contributed by atoms with van der Waals surface area (Å²) in [6.45, 7) is 5.26. The summed E-state index contributed by atoms with van der Waals surface area (Å²) in [5.41, 5.74) is 1.88. The summed E-state index contributed by atoms with van der Waals surface area (Å²) in [5.74, 6) is -0.265. The van der Waals surface area contributed by atoms with Crippen molar-refractivity contribution in [3.8, 4) is 0 Å². The smallest absolute Gasteiger partial charge is 0.274 e. The largest absolute Gasteiger partial charge is 0.384 e. The Labute approximate surface area is 152 Å². The third kappa shape index (κ3) is 5.42. The number of rotatable bonds is 6. The van der Waals surface area contributed by atoms with E-state index in [-0.39, 0.29) is 5.91 Å². The topological polar surface area (TPSA) is 66.5 Å². The van der Waals surface area contributed by atoms with E-state index in [1.165, 1.54) is 0 Å². The second-order valence-electron chi connectivity index (χ2n) is 5.78. The van der Waals surface area contributed by atoms with Crippen LogP contribution in [-0.4, -0.2) is 55.2 Å². The highest BCUT2D eigenvalue weighted by Gasteiger charge is 2.11. The Morgan fingerprint density at radius 2 is 2.04 bits per heavy atom. The van der Waals surface area contributed by atoms with Crippen LogP contribution in [-0.2, 0) is 4.74 Å². The van der Waals surface area contributed by atoms with Crippen molar-refractivity contribution in [2.24, 2.45) is 0 Å². The first-order chi connectivity index (χ1) is 12.2. The van der Waals surface area contributed by atoms with Crippen LogP contribution in [0.15, 0.2) is 42.6 Å². The van der Waals surface area contributed by atoms with E-state index >= 15 is 0 Å². The summed E-state index contributed by atoms with van der Waals surface area (Å²) in [6, 6.07) is 10.6. The number of hydrogen-bond acceptors (Lipinski definition) is 5. The average molecular weight is 361 g/mol. The molecule has 3 rings (SSSR count). The van der Waals surface area contributed by atoms with Gasteiger partial charge in [0, 0.05) is 48.8 Å². The third-order valence-electron chi connectivity index (χ3n) is 3.94. The maximum atomic E-state index is 12.3. The highest BCUT2D eigenvalue weighted by atomic mass is 35.5. The number of carbonyl (C=O) groups is 1. The van der Waals surface area contributed by atoms with Gasteiger partial charge in [0.05, 0.1) is 13.2 Å². The van der Waals surface area contributed by atoms with E-state index < -0.39 is 0 Å². The lowest BCUT2D eigenvalue weighted by Crippen LogP contribution is -2.39. The summed E-state index contributed by atoms with van der Waals surface area (Å²) in [7, 11) is 0. The predicted molar refractivity (Wildman–Crippen MR) is 99.4 cm³/mol.